The van der Waals surface area contributed by atoms with Crippen LogP contribution >= 0.6 is 0 Å². The molecule has 0 aliphatic rings. The lowest BCUT2D eigenvalue weighted by atomic mass is 10.2. The van der Waals surface area contributed by atoms with Gasteiger partial charge in [-0.1, -0.05) is 45.5 Å². The van der Waals surface area contributed by atoms with Gasteiger partial charge in [-0.15, -0.1) is 0 Å². The van der Waals surface area contributed by atoms with Crippen molar-refractivity contribution in [2.75, 3.05) is 10.6 Å². The summed E-state index contributed by atoms with van der Waals surface area (Å²) in [6, 6.07) is 18.2. The van der Waals surface area contributed by atoms with Gasteiger partial charge in [0.15, 0.2) is 0 Å². The zero-order valence-electron chi connectivity index (χ0n) is 14.1. The molecule has 120 valence electrons. The van der Waals surface area contributed by atoms with E-state index in [0.29, 0.717) is 0 Å². The van der Waals surface area contributed by atoms with E-state index in [1.54, 1.807) is 0 Å². The number of para-hydroxylation sites is 1. The molecule has 0 spiro atoms. The van der Waals surface area contributed by atoms with Crippen molar-refractivity contribution in [1.82, 2.24) is 4.98 Å². The average Bonchev–Trinajstić information content (AvgIpc) is 2.95. The Morgan fingerprint density at radius 3 is 2.26 bits per heavy atom. The van der Waals surface area contributed by atoms with E-state index < -0.39 is 0 Å². The second kappa shape index (κ2) is 8.08. The van der Waals surface area contributed by atoms with Crippen molar-refractivity contribution in [2.24, 2.45) is 5.92 Å². The summed E-state index contributed by atoms with van der Waals surface area (Å²) in [6.07, 6.45) is 1.94. The van der Waals surface area contributed by atoms with Crippen LogP contribution in [0.15, 0.2) is 73.2 Å². The molecule has 3 heteroatoms. The lowest BCUT2D eigenvalue weighted by Crippen LogP contribution is -2.07. The number of benzene rings is 2. The van der Waals surface area contributed by atoms with Gasteiger partial charge in [-0.05, 0) is 42.3 Å². The van der Waals surface area contributed by atoms with E-state index in [0.717, 1.165) is 28.6 Å². The minimum absolute atomic E-state index is 0.751. The molecule has 1 aromatic heterocycles. The molecule has 0 unspecified atom stereocenters. The molecule has 0 saturated carbocycles. The Hall–Kier alpha value is -2.68. The van der Waals surface area contributed by atoms with Gasteiger partial charge in [0.1, 0.15) is 5.82 Å². The quantitative estimate of drug-likeness (QED) is 0.568. The van der Waals surface area contributed by atoms with E-state index >= 15 is 0 Å². The van der Waals surface area contributed by atoms with Crippen molar-refractivity contribution >= 4 is 22.3 Å². The summed E-state index contributed by atoms with van der Waals surface area (Å²) < 4.78 is 0. The molecular formula is C20H25N3. The van der Waals surface area contributed by atoms with Crippen LogP contribution in [0.2, 0.25) is 0 Å². The maximum Gasteiger partial charge on any atom is 0.100 e. The van der Waals surface area contributed by atoms with E-state index in [1.807, 2.05) is 54.7 Å². The van der Waals surface area contributed by atoms with Crippen LogP contribution in [0.1, 0.15) is 20.8 Å². The standard InChI is InChI=1S/C16H15N3.C4H10/c1-12(18-14-5-3-2-4-6-14)19-15-7-8-16-13(11-15)9-10-17-16;1-4(2)3/h2-11,17-19H,1H2;4H,1-3H3. The van der Waals surface area contributed by atoms with Gasteiger partial charge in [0, 0.05) is 28.5 Å². The van der Waals surface area contributed by atoms with Gasteiger partial charge in [0.05, 0.1) is 0 Å². The predicted octanol–water partition coefficient (Wildman–Crippen LogP) is 5.83. The number of hydrogen-bond acceptors (Lipinski definition) is 2. The number of aromatic nitrogens is 1. The molecule has 0 radical (unpaired) electrons. The van der Waals surface area contributed by atoms with E-state index in [2.05, 4.69) is 49.0 Å². The molecule has 3 aromatic rings. The van der Waals surface area contributed by atoms with Crippen LogP contribution in [0.3, 0.4) is 0 Å². The van der Waals surface area contributed by atoms with Crippen molar-refractivity contribution < 1.29 is 0 Å². The summed E-state index contributed by atoms with van der Waals surface area (Å²) in [5, 5.41) is 7.65. The Bertz CT molecular complexity index is 739. The molecule has 0 bridgehead atoms. The molecule has 0 aliphatic carbocycles. The molecule has 0 fully saturated rings. The third kappa shape index (κ3) is 5.55. The molecule has 0 saturated heterocycles. The Labute approximate surface area is 138 Å². The van der Waals surface area contributed by atoms with Crippen molar-refractivity contribution in [2.45, 2.75) is 20.8 Å². The van der Waals surface area contributed by atoms with E-state index in [4.69, 9.17) is 0 Å². The normalized spacial score (nSPS) is 10.1. The van der Waals surface area contributed by atoms with Crippen LogP contribution in [-0.4, -0.2) is 4.98 Å². The summed E-state index contributed by atoms with van der Waals surface area (Å²) in [4.78, 5) is 3.17. The molecule has 0 aliphatic heterocycles. The lowest BCUT2D eigenvalue weighted by molar-refractivity contribution is 0.737. The van der Waals surface area contributed by atoms with Crippen molar-refractivity contribution in [3.05, 3.63) is 73.2 Å². The van der Waals surface area contributed by atoms with Gasteiger partial charge in [-0.25, -0.2) is 0 Å². The maximum atomic E-state index is 3.98. The summed E-state index contributed by atoms with van der Waals surface area (Å²) in [7, 11) is 0. The SMILES string of the molecule is C=C(Nc1ccccc1)Nc1ccc2[nH]ccc2c1.CC(C)C. The fourth-order valence-electron chi connectivity index (χ4n) is 2.03. The smallest absolute Gasteiger partial charge is 0.100 e. The molecular weight excluding hydrogens is 282 g/mol. The molecule has 3 rings (SSSR count). The summed E-state index contributed by atoms with van der Waals surface area (Å²) >= 11 is 0. The first kappa shape index (κ1) is 16.7. The Morgan fingerprint density at radius 1 is 0.913 bits per heavy atom. The van der Waals surface area contributed by atoms with Gasteiger partial charge in [0.2, 0.25) is 0 Å². The molecule has 1 heterocycles. The highest BCUT2D eigenvalue weighted by Gasteiger charge is 1.99. The third-order valence-corrected chi connectivity index (χ3v) is 2.92. The summed E-state index contributed by atoms with van der Waals surface area (Å²) in [6.45, 7) is 10.5. The highest BCUT2D eigenvalue weighted by atomic mass is 15.1. The van der Waals surface area contributed by atoms with Crippen LogP contribution in [0, 0.1) is 5.92 Å². The number of hydrogen-bond donors (Lipinski definition) is 3. The molecule has 0 atom stereocenters. The Kier molecular flexibility index (Phi) is 5.87. The Balaban J connectivity index is 0.000000433. The van der Waals surface area contributed by atoms with E-state index in [-0.39, 0.29) is 0 Å². The maximum absolute atomic E-state index is 3.98. The second-order valence-electron chi connectivity index (χ2n) is 6.11. The number of H-pyrrole nitrogens is 1. The molecule has 2 aromatic carbocycles. The molecule has 0 amide bonds. The number of anilines is 2. The topological polar surface area (TPSA) is 39.8 Å². The van der Waals surface area contributed by atoms with Gasteiger partial charge in [-0.3, -0.25) is 0 Å². The fraction of sp³-hybridized carbons (Fsp3) is 0.200. The second-order valence-corrected chi connectivity index (χ2v) is 6.11. The zero-order valence-corrected chi connectivity index (χ0v) is 14.1. The van der Waals surface area contributed by atoms with Crippen LogP contribution in [0.4, 0.5) is 11.4 Å². The van der Waals surface area contributed by atoms with Crippen molar-refractivity contribution in [3.8, 4) is 0 Å². The van der Waals surface area contributed by atoms with Crippen LogP contribution in [0.25, 0.3) is 10.9 Å². The first-order valence-electron chi connectivity index (χ1n) is 7.90. The van der Waals surface area contributed by atoms with Crippen molar-refractivity contribution in [3.63, 3.8) is 0 Å². The number of nitrogens with one attached hydrogen (secondary N) is 3. The first-order valence-corrected chi connectivity index (χ1v) is 7.90. The van der Waals surface area contributed by atoms with Gasteiger partial charge < -0.3 is 15.6 Å². The van der Waals surface area contributed by atoms with E-state index in [1.165, 1.54) is 5.39 Å². The third-order valence-electron chi connectivity index (χ3n) is 2.92. The summed E-state index contributed by atoms with van der Waals surface area (Å²) in [5.74, 6) is 1.58. The lowest BCUT2D eigenvalue weighted by Gasteiger charge is -2.12. The molecule has 3 nitrogen and oxygen atoms in total. The van der Waals surface area contributed by atoms with Crippen LogP contribution in [-0.2, 0) is 0 Å². The van der Waals surface area contributed by atoms with E-state index in [9.17, 15) is 0 Å². The fourth-order valence-corrected chi connectivity index (χ4v) is 2.03. The number of fused-ring (bicyclic) bond motifs is 1. The highest BCUT2D eigenvalue weighted by Crippen LogP contribution is 2.19. The predicted molar refractivity (Wildman–Crippen MR) is 102 cm³/mol. The molecule has 23 heavy (non-hydrogen) atoms. The minimum Gasteiger partial charge on any atom is -0.361 e. The van der Waals surface area contributed by atoms with Gasteiger partial charge in [-0.2, -0.15) is 0 Å². The average molecular weight is 307 g/mol. The number of aromatic amines is 1. The minimum atomic E-state index is 0.751. The number of rotatable bonds is 4. The highest BCUT2D eigenvalue weighted by molar-refractivity contribution is 5.83. The van der Waals surface area contributed by atoms with Gasteiger partial charge >= 0.3 is 0 Å². The first-order chi connectivity index (χ1) is 11.0. The molecule has 3 N–H and O–H groups in total. The van der Waals surface area contributed by atoms with Crippen LogP contribution < -0.4 is 10.6 Å². The van der Waals surface area contributed by atoms with Crippen LogP contribution in [0.5, 0.6) is 0 Å². The summed E-state index contributed by atoms with van der Waals surface area (Å²) in [5.41, 5.74) is 3.16. The zero-order chi connectivity index (χ0) is 16.7. The largest absolute Gasteiger partial charge is 0.361 e. The van der Waals surface area contributed by atoms with Gasteiger partial charge in [0.25, 0.3) is 0 Å². The van der Waals surface area contributed by atoms with Crippen molar-refractivity contribution in [1.29, 1.82) is 0 Å². The monoisotopic (exact) mass is 307 g/mol. The Morgan fingerprint density at radius 2 is 1.57 bits per heavy atom.